The van der Waals surface area contributed by atoms with Gasteiger partial charge in [-0.15, -0.1) is 0 Å². The highest BCUT2D eigenvalue weighted by Crippen LogP contribution is 2.41. The SMILES string of the molecule is CC1C(c2cccc(-c3ccc4c5ccccc5c5ccccc5c4c3)c2)=CC=CC1c1nc(-c2ccccc2)nc(-c2ccc(C#N)cc2)n1. The summed E-state index contributed by atoms with van der Waals surface area (Å²) in [5.74, 6) is 2.00. The summed E-state index contributed by atoms with van der Waals surface area (Å²) >= 11 is 0. The van der Waals surface area contributed by atoms with Gasteiger partial charge in [-0.05, 0) is 96.9 Å². The van der Waals surface area contributed by atoms with Gasteiger partial charge in [0.1, 0.15) is 5.82 Å². The van der Waals surface area contributed by atoms with Crippen LogP contribution in [0.3, 0.4) is 0 Å². The first-order valence-electron chi connectivity index (χ1n) is 17.3. The quantitative estimate of drug-likeness (QED) is 0.174. The standard InChI is InChI=1S/C47H32N4/c1-30-37(19-10-20-38(30)47-50-45(32-11-3-2-4-12-32)49-46(51-47)33-23-21-31(29-48)22-24-33)36-14-9-13-34(27-36)35-25-26-43-41-17-6-5-15-39(41)40-16-7-8-18-42(40)44(43)28-35/h2-28,30,38H,1H3. The van der Waals surface area contributed by atoms with E-state index in [4.69, 9.17) is 15.0 Å². The van der Waals surface area contributed by atoms with Crippen LogP contribution in [0.4, 0.5) is 0 Å². The van der Waals surface area contributed by atoms with Crippen molar-refractivity contribution < 1.29 is 0 Å². The molecule has 0 bridgehead atoms. The highest BCUT2D eigenvalue weighted by Gasteiger charge is 2.27. The fourth-order valence-electron chi connectivity index (χ4n) is 7.51. The zero-order valence-electron chi connectivity index (χ0n) is 28.0. The summed E-state index contributed by atoms with van der Waals surface area (Å²) in [6.07, 6.45) is 6.55. The number of nitrogens with zero attached hydrogens (tertiary/aromatic N) is 4. The number of benzene rings is 7. The van der Waals surface area contributed by atoms with Crippen molar-refractivity contribution in [1.29, 1.82) is 5.26 Å². The van der Waals surface area contributed by atoms with Crippen molar-refractivity contribution in [1.82, 2.24) is 15.0 Å². The van der Waals surface area contributed by atoms with Crippen LogP contribution < -0.4 is 0 Å². The van der Waals surface area contributed by atoms with Crippen LogP contribution in [0.15, 0.2) is 164 Å². The van der Waals surface area contributed by atoms with E-state index >= 15 is 0 Å². The van der Waals surface area contributed by atoms with Crippen molar-refractivity contribution in [2.24, 2.45) is 5.92 Å². The topological polar surface area (TPSA) is 62.5 Å². The first-order valence-corrected chi connectivity index (χ1v) is 17.3. The predicted octanol–water partition coefficient (Wildman–Crippen LogP) is 11.6. The molecule has 1 aliphatic carbocycles. The second kappa shape index (κ2) is 12.6. The lowest BCUT2D eigenvalue weighted by molar-refractivity contribution is 0.616. The van der Waals surface area contributed by atoms with Gasteiger partial charge < -0.3 is 0 Å². The number of fused-ring (bicyclic) bond motifs is 6. The molecule has 51 heavy (non-hydrogen) atoms. The van der Waals surface area contributed by atoms with Gasteiger partial charge in [0.15, 0.2) is 11.6 Å². The van der Waals surface area contributed by atoms with Crippen LogP contribution in [-0.4, -0.2) is 15.0 Å². The van der Waals surface area contributed by atoms with Crippen LogP contribution in [0.5, 0.6) is 0 Å². The lowest BCUT2D eigenvalue weighted by atomic mass is 9.79. The third-order valence-electron chi connectivity index (χ3n) is 10.2. The maximum Gasteiger partial charge on any atom is 0.163 e. The molecule has 1 aliphatic rings. The van der Waals surface area contributed by atoms with E-state index in [9.17, 15) is 5.26 Å². The van der Waals surface area contributed by atoms with E-state index in [2.05, 4.69) is 122 Å². The van der Waals surface area contributed by atoms with Crippen molar-refractivity contribution >= 4 is 37.9 Å². The molecule has 0 N–H and O–H groups in total. The van der Waals surface area contributed by atoms with Crippen LogP contribution in [-0.2, 0) is 0 Å². The van der Waals surface area contributed by atoms with E-state index < -0.39 is 0 Å². The van der Waals surface area contributed by atoms with E-state index in [1.54, 1.807) is 12.1 Å². The number of hydrogen-bond acceptors (Lipinski definition) is 4. The molecule has 4 nitrogen and oxygen atoms in total. The van der Waals surface area contributed by atoms with Crippen LogP contribution in [0.25, 0.3) is 71.8 Å². The van der Waals surface area contributed by atoms with Crippen LogP contribution in [0.1, 0.15) is 29.8 Å². The molecule has 0 amide bonds. The molecule has 0 saturated carbocycles. The first-order chi connectivity index (χ1) is 25.1. The molecule has 9 rings (SSSR count). The minimum absolute atomic E-state index is 0.0587. The molecule has 240 valence electrons. The molecule has 1 heterocycles. The fourth-order valence-corrected chi connectivity index (χ4v) is 7.51. The van der Waals surface area contributed by atoms with Gasteiger partial charge in [-0.25, -0.2) is 15.0 Å². The summed E-state index contributed by atoms with van der Waals surface area (Å²) in [7, 11) is 0. The summed E-state index contributed by atoms with van der Waals surface area (Å²) in [5.41, 5.74) is 7.18. The molecule has 4 heteroatoms. The van der Waals surface area contributed by atoms with E-state index in [1.165, 1.54) is 54.6 Å². The monoisotopic (exact) mass is 652 g/mol. The van der Waals surface area contributed by atoms with E-state index in [0.29, 0.717) is 17.2 Å². The average molecular weight is 653 g/mol. The first kappa shape index (κ1) is 30.4. The Morgan fingerprint density at radius 1 is 0.490 bits per heavy atom. The van der Waals surface area contributed by atoms with Gasteiger partial charge in [-0.1, -0.05) is 134 Å². The largest absolute Gasteiger partial charge is 0.212 e. The molecule has 2 unspecified atom stereocenters. The second-order valence-electron chi connectivity index (χ2n) is 13.1. The molecule has 0 aliphatic heterocycles. The van der Waals surface area contributed by atoms with Crippen LogP contribution in [0.2, 0.25) is 0 Å². The van der Waals surface area contributed by atoms with Gasteiger partial charge in [0, 0.05) is 17.0 Å². The third kappa shape index (κ3) is 5.46. The minimum Gasteiger partial charge on any atom is -0.212 e. The normalized spacial score (nSPS) is 15.6. The Morgan fingerprint density at radius 2 is 1.02 bits per heavy atom. The molecule has 8 aromatic rings. The van der Waals surface area contributed by atoms with Crippen molar-refractivity contribution in [2.75, 3.05) is 0 Å². The average Bonchev–Trinajstić information content (AvgIpc) is 3.21. The minimum atomic E-state index is -0.0587. The van der Waals surface area contributed by atoms with E-state index in [1.807, 2.05) is 42.5 Å². The lowest BCUT2D eigenvalue weighted by Gasteiger charge is -2.26. The molecular formula is C47H32N4. The highest BCUT2D eigenvalue weighted by molar-refractivity contribution is 6.25. The lowest BCUT2D eigenvalue weighted by Crippen LogP contribution is -2.17. The molecule has 1 aromatic heterocycles. The van der Waals surface area contributed by atoms with E-state index in [0.717, 1.165) is 17.0 Å². The third-order valence-corrected chi connectivity index (χ3v) is 10.2. The number of hydrogen-bond donors (Lipinski definition) is 0. The molecule has 7 aromatic carbocycles. The van der Waals surface area contributed by atoms with E-state index in [-0.39, 0.29) is 11.8 Å². The van der Waals surface area contributed by atoms with Crippen molar-refractivity contribution in [3.8, 4) is 40.0 Å². The molecular weight excluding hydrogens is 621 g/mol. The molecule has 0 saturated heterocycles. The summed E-state index contributed by atoms with van der Waals surface area (Å²) in [6, 6.07) is 52.9. The molecule has 0 radical (unpaired) electrons. The second-order valence-corrected chi connectivity index (χ2v) is 13.1. The Balaban J connectivity index is 1.10. The number of allylic oxidation sites excluding steroid dienone is 4. The Hall–Kier alpha value is -6.70. The van der Waals surface area contributed by atoms with Gasteiger partial charge >= 0.3 is 0 Å². The Morgan fingerprint density at radius 3 is 1.69 bits per heavy atom. The summed E-state index contributed by atoms with van der Waals surface area (Å²) in [6.45, 7) is 2.26. The van der Waals surface area contributed by atoms with Gasteiger partial charge in [-0.3, -0.25) is 0 Å². The van der Waals surface area contributed by atoms with Crippen molar-refractivity contribution in [3.05, 3.63) is 181 Å². The number of aromatic nitrogens is 3. The fraction of sp³-hybridized carbons (Fsp3) is 0.0638. The van der Waals surface area contributed by atoms with Gasteiger partial charge in [0.25, 0.3) is 0 Å². The highest BCUT2D eigenvalue weighted by atomic mass is 15.0. The maximum absolute atomic E-state index is 9.35. The Kier molecular flexibility index (Phi) is 7.52. The van der Waals surface area contributed by atoms with Crippen molar-refractivity contribution in [2.45, 2.75) is 12.8 Å². The van der Waals surface area contributed by atoms with Crippen LogP contribution in [0, 0.1) is 17.2 Å². The van der Waals surface area contributed by atoms with Crippen molar-refractivity contribution in [3.63, 3.8) is 0 Å². The Bertz CT molecular complexity index is 2680. The zero-order valence-corrected chi connectivity index (χ0v) is 28.0. The molecule has 0 spiro atoms. The predicted molar refractivity (Wildman–Crippen MR) is 209 cm³/mol. The van der Waals surface area contributed by atoms with Gasteiger partial charge in [0.05, 0.1) is 11.6 Å². The summed E-state index contributed by atoms with van der Waals surface area (Å²) < 4.78 is 0. The van der Waals surface area contributed by atoms with Gasteiger partial charge in [0.2, 0.25) is 0 Å². The summed E-state index contributed by atoms with van der Waals surface area (Å²) in [4.78, 5) is 15.0. The zero-order chi connectivity index (χ0) is 34.3. The Labute approximate surface area is 296 Å². The summed E-state index contributed by atoms with van der Waals surface area (Å²) in [5, 5.41) is 17.0. The number of nitriles is 1. The van der Waals surface area contributed by atoms with Crippen LogP contribution >= 0.6 is 0 Å². The molecule has 2 atom stereocenters. The maximum atomic E-state index is 9.35. The molecule has 0 fully saturated rings. The number of rotatable bonds is 5. The smallest absolute Gasteiger partial charge is 0.163 e. The van der Waals surface area contributed by atoms with Gasteiger partial charge in [-0.2, -0.15) is 5.26 Å².